The molecule has 1 amide bonds. The summed E-state index contributed by atoms with van der Waals surface area (Å²) in [5.41, 5.74) is 2.90. The van der Waals surface area contributed by atoms with E-state index in [0.717, 1.165) is 18.5 Å². The second kappa shape index (κ2) is 8.57. The maximum Gasteiger partial charge on any atom is 0.269 e. The summed E-state index contributed by atoms with van der Waals surface area (Å²) in [6.07, 6.45) is 11.0. The van der Waals surface area contributed by atoms with E-state index in [-0.39, 0.29) is 5.91 Å². The first-order chi connectivity index (χ1) is 10.7. The molecule has 0 spiro atoms. The molecule has 1 unspecified atom stereocenters. The zero-order valence-corrected chi connectivity index (χ0v) is 13.7. The molecule has 0 aromatic carbocycles. The van der Waals surface area contributed by atoms with Gasteiger partial charge in [-0.25, -0.2) is 0 Å². The van der Waals surface area contributed by atoms with Crippen LogP contribution in [0.25, 0.3) is 0 Å². The molecule has 1 aliphatic rings. The minimum Gasteiger partial charge on any atom is -0.382 e. The smallest absolute Gasteiger partial charge is 0.269 e. The van der Waals surface area contributed by atoms with E-state index < -0.39 is 0 Å². The van der Waals surface area contributed by atoms with Crippen LogP contribution in [0, 0.1) is 0 Å². The number of hydrogen-bond acceptors (Lipinski definition) is 3. The highest BCUT2D eigenvalue weighted by atomic mass is 16.1. The van der Waals surface area contributed by atoms with Gasteiger partial charge in [-0.15, -0.1) is 0 Å². The van der Waals surface area contributed by atoms with Crippen LogP contribution >= 0.6 is 0 Å². The predicted octanol–water partition coefficient (Wildman–Crippen LogP) is 3.91. The largest absolute Gasteiger partial charge is 0.382 e. The van der Waals surface area contributed by atoms with Crippen LogP contribution in [0.3, 0.4) is 0 Å². The Bertz CT molecular complexity index is 525. The first kappa shape index (κ1) is 16.5. The van der Waals surface area contributed by atoms with E-state index in [1.54, 1.807) is 6.20 Å². The number of amides is 1. The highest BCUT2D eigenvalue weighted by Crippen LogP contribution is 2.19. The molecule has 22 heavy (non-hydrogen) atoms. The van der Waals surface area contributed by atoms with E-state index in [4.69, 9.17) is 0 Å². The van der Waals surface area contributed by atoms with Crippen molar-refractivity contribution in [3.05, 3.63) is 35.7 Å². The van der Waals surface area contributed by atoms with Crippen molar-refractivity contribution < 1.29 is 4.79 Å². The van der Waals surface area contributed by atoms with Crippen molar-refractivity contribution in [2.45, 2.75) is 58.4 Å². The molecule has 0 aliphatic heterocycles. The number of hydrogen-bond donors (Lipinski definition) is 2. The summed E-state index contributed by atoms with van der Waals surface area (Å²) in [5.74, 6) is -0.0933. The standard InChI is InChI=1S/C18H27N3O/c1-3-14(2)21-16-10-12-19-17(13-16)18(22)20-11-9-15-7-5-4-6-8-15/h7,10,12-14H,3-6,8-9,11H2,1-2H3,(H,19,21)(H,20,22). The van der Waals surface area contributed by atoms with Crippen molar-refractivity contribution in [2.75, 3.05) is 11.9 Å². The summed E-state index contributed by atoms with van der Waals surface area (Å²) >= 11 is 0. The molecule has 120 valence electrons. The summed E-state index contributed by atoms with van der Waals surface area (Å²) in [4.78, 5) is 16.3. The average Bonchev–Trinajstić information content (AvgIpc) is 2.56. The number of nitrogens with one attached hydrogen (secondary N) is 2. The van der Waals surface area contributed by atoms with Crippen LogP contribution in [0.1, 0.15) is 62.9 Å². The van der Waals surface area contributed by atoms with Crippen molar-refractivity contribution in [2.24, 2.45) is 0 Å². The molecule has 2 rings (SSSR count). The lowest BCUT2D eigenvalue weighted by molar-refractivity contribution is 0.0949. The van der Waals surface area contributed by atoms with Gasteiger partial charge in [0.2, 0.25) is 0 Å². The number of allylic oxidation sites excluding steroid dienone is 1. The normalized spacial score (nSPS) is 15.8. The number of nitrogens with zero attached hydrogens (tertiary/aromatic N) is 1. The van der Waals surface area contributed by atoms with Crippen molar-refractivity contribution in [3.8, 4) is 0 Å². The fourth-order valence-corrected chi connectivity index (χ4v) is 2.59. The third-order valence-electron chi connectivity index (χ3n) is 4.13. The van der Waals surface area contributed by atoms with E-state index in [2.05, 4.69) is 35.5 Å². The first-order valence-electron chi connectivity index (χ1n) is 8.37. The topological polar surface area (TPSA) is 54.0 Å². The molecular weight excluding hydrogens is 274 g/mol. The quantitative estimate of drug-likeness (QED) is 0.751. The number of carbonyl (C=O) groups excluding carboxylic acids is 1. The zero-order valence-electron chi connectivity index (χ0n) is 13.7. The zero-order chi connectivity index (χ0) is 15.8. The van der Waals surface area contributed by atoms with Crippen LogP contribution < -0.4 is 10.6 Å². The molecule has 0 saturated carbocycles. The third-order valence-corrected chi connectivity index (χ3v) is 4.13. The second-order valence-electron chi connectivity index (χ2n) is 6.00. The van der Waals surface area contributed by atoms with Crippen molar-refractivity contribution in [3.63, 3.8) is 0 Å². The third kappa shape index (κ3) is 5.17. The maximum absolute atomic E-state index is 12.2. The predicted molar refractivity (Wildman–Crippen MR) is 91.1 cm³/mol. The Balaban J connectivity index is 1.83. The van der Waals surface area contributed by atoms with Gasteiger partial charge in [-0.05, 0) is 57.6 Å². The maximum atomic E-state index is 12.2. The van der Waals surface area contributed by atoms with E-state index in [1.165, 1.54) is 31.3 Å². The van der Waals surface area contributed by atoms with Crippen molar-refractivity contribution in [1.29, 1.82) is 0 Å². The number of carbonyl (C=O) groups is 1. The minimum absolute atomic E-state index is 0.0933. The van der Waals surface area contributed by atoms with Gasteiger partial charge in [-0.2, -0.15) is 0 Å². The van der Waals surface area contributed by atoms with Gasteiger partial charge in [0.05, 0.1) is 0 Å². The molecule has 0 bridgehead atoms. The molecule has 4 heteroatoms. The number of anilines is 1. The van der Waals surface area contributed by atoms with Gasteiger partial charge in [-0.1, -0.05) is 18.6 Å². The molecule has 1 heterocycles. The van der Waals surface area contributed by atoms with Gasteiger partial charge in [0.25, 0.3) is 5.91 Å². The Kier molecular flexibility index (Phi) is 6.44. The number of rotatable bonds is 7. The van der Waals surface area contributed by atoms with Crippen LogP contribution in [-0.2, 0) is 0 Å². The highest BCUT2D eigenvalue weighted by molar-refractivity contribution is 5.93. The lowest BCUT2D eigenvalue weighted by Crippen LogP contribution is -2.26. The highest BCUT2D eigenvalue weighted by Gasteiger charge is 2.09. The Morgan fingerprint density at radius 3 is 3.00 bits per heavy atom. The van der Waals surface area contributed by atoms with Gasteiger partial charge >= 0.3 is 0 Å². The monoisotopic (exact) mass is 301 g/mol. The molecule has 0 radical (unpaired) electrons. The molecule has 0 fully saturated rings. The average molecular weight is 301 g/mol. The lowest BCUT2D eigenvalue weighted by atomic mass is 9.97. The summed E-state index contributed by atoms with van der Waals surface area (Å²) in [6, 6.07) is 4.11. The summed E-state index contributed by atoms with van der Waals surface area (Å²) < 4.78 is 0. The Morgan fingerprint density at radius 2 is 2.27 bits per heavy atom. The van der Waals surface area contributed by atoms with E-state index in [1.807, 2.05) is 12.1 Å². The second-order valence-corrected chi connectivity index (χ2v) is 6.00. The minimum atomic E-state index is -0.0933. The van der Waals surface area contributed by atoms with E-state index in [9.17, 15) is 4.79 Å². The van der Waals surface area contributed by atoms with E-state index in [0.29, 0.717) is 18.3 Å². The van der Waals surface area contributed by atoms with Crippen LogP contribution in [0.2, 0.25) is 0 Å². The van der Waals surface area contributed by atoms with Gasteiger partial charge < -0.3 is 10.6 Å². The number of aromatic nitrogens is 1. The summed E-state index contributed by atoms with van der Waals surface area (Å²) in [5, 5.41) is 6.34. The molecule has 2 N–H and O–H groups in total. The van der Waals surface area contributed by atoms with E-state index >= 15 is 0 Å². The molecule has 1 atom stereocenters. The van der Waals surface area contributed by atoms with Gasteiger partial charge in [-0.3, -0.25) is 9.78 Å². The first-order valence-corrected chi connectivity index (χ1v) is 8.37. The SMILES string of the molecule is CCC(C)Nc1ccnc(C(=O)NCCC2=CCCCC2)c1. The Morgan fingerprint density at radius 1 is 1.41 bits per heavy atom. The van der Waals surface area contributed by atoms with Crippen molar-refractivity contribution >= 4 is 11.6 Å². The van der Waals surface area contributed by atoms with Gasteiger partial charge in [0.15, 0.2) is 0 Å². The Labute approximate surface area is 133 Å². The molecule has 1 aromatic rings. The summed E-state index contributed by atoms with van der Waals surface area (Å²) in [6.45, 7) is 4.94. The number of pyridine rings is 1. The fourth-order valence-electron chi connectivity index (χ4n) is 2.59. The van der Waals surface area contributed by atoms with Gasteiger partial charge in [0, 0.05) is 24.5 Å². The molecule has 1 aromatic heterocycles. The molecule has 1 aliphatic carbocycles. The van der Waals surface area contributed by atoms with Crippen LogP contribution in [0.15, 0.2) is 30.0 Å². The lowest BCUT2D eigenvalue weighted by Gasteiger charge is -2.14. The Hall–Kier alpha value is -1.84. The molecular formula is C18H27N3O. The van der Waals surface area contributed by atoms with Gasteiger partial charge in [0.1, 0.15) is 5.69 Å². The molecule has 0 saturated heterocycles. The van der Waals surface area contributed by atoms with Crippen LogP contribution in [0.4, 0.5) is 5.69 Å². The fraction of sp³-hybridized carbons (Fsp3) is 0.556. The van der Waals surface area contributed by atoms with Crippen LogP contribution in [-0.4, -0.2) is 23.5 Å². The van der Waals surface area contributed by atoms with Crippen LogP contribution in [0.5, 0.6) is 0 Å². The molecule has 4 nitrogen and oxygen atoms in total. The van der Waals surface area contributed by atoms with Crippen molar-refractivity contribution in [1.82, 2.24) is 10.3 Å². The summed E-state index contributed by atoms with van der Waals surface area (Å²) in [7, 11) is 0.